The van der Waals surface area contributed by atoms with Gasteiger partial charge in [0.25, 0.3) is 10.0 Å². The lowest BCUT2D eigenvalue weighted by molar-refractivity contribution is -0.123. The normalized spacial score (nSPS) is 24.2. The second kappa shape index (κ2) is 8.37. The molecule has 2 heterocycles. The van der Waals surface area contributed by atoms with Crippen LogP contribution in [0.5, 0.6) is 0 Å². The molecule has 0 radical (unpaired) electrons. The second-order valence-corrected chi connectivity index (χ2v) is 7.44. The lowest BCUT2D eigenvalue weighted by Gasteiger charge is -2.31. The average Bonchev–Trinajstić information content (AvgIpc) is 2.99. The number of nitrogens with zero attached hydrogens (tertiary/aromatic N) is 1. The third-order valence-corrected chi connectivity index (χ3v) is 5.64. The fourth-order valence-corrected chi connectivity index (χ4v) is 3.70. The minimum atomic E-state index is -4.47. The van der Waals surface area contributed by atoms with Crippen LogP contribution in [0, 0.1) is 5.92 Å². The van der Waals surface area contributed by atoms with E-state index >= 15 is 0 Å². The molecule has 22 heavy (non-hydrogen) atoms. The predicted molar refractivity (Wildman–Crippen MR) is 80.5 cm³/mol. The molecule has 2 rings (SSSR count). The van der Waals surface area contributed by atoms with Crippen molar-refractivity contribution >= 4 is 28.3 Å². The summed E-state index contributed by atoms with van der Waals surface area (Å²) < 4.78 is 48.4. The lowest BCUT2D eigenvalue weighted by Crippen LogP contribution is -2.46. The van der Waals surface area contributed by atoms with Crippen molar-refractivity contribution in [2.45, 2.75) is 37.5 Å². The highest BCUT2D eigenvalue weighted by Crippen LogP contribution is 2.22. The Balaban J connectivity index is 0.00000242. The molecule has 1 atom stereocenters. The second-order valence-electron chi connectivity index (χ2n) is 5.54. The number of carbonyl (C=O) groups excluding carboxylic acids is 1. The van der Waals surface area contributed by atoms with Crippen molar-refractivity contribution in [1.29, 1.82) is 0 Å². The topological polar surface area (TPSA) is 78.5 Å². The Morgan fingerprint density at radius 3 is 2.41 bits per heavy atom. The van der Waals surface area contributed by atoms with Crippen molar-refractivity contribution in [2.75, 3.05) is 26.2 Å². The summed E-state index contributed by atoms with van der Waals surface area (Å²) in [7, 11) is -4.47. The van der Waals surface area contributed by atoms with Gasteiger partial charge in [0, 0.05) is 19.6 Å². The molecule has 0 aromatic rings. The zero-order chi connectivity index (χ0) is 15.5. The third kappa shape index (κ3) is 4.74. The summed E-state index contributed by atoms with van der Waals surface area (Å²) in [5.74, 6) is -3.25. The van der Waals surface area contributed by atoms with E-state index < -0.39 is 15.8 Å². The third-order valence-electron chi connectivity index (χ3n) is 4.10. The molecule has 2 aliphatic rings. The Labute approximate surface area is 135 Å². The number of hydrogen-bond acceptors (Lipinski definition) is 4. The van der Waals surface area contributed by atoms with Crippen molar-refractivity contribution in [3.05, 3.63) is 0 Å². The molecule has 0 aromatic carbocycles. The Morgan fingerprint density at radius 2 is 1.91 bits per heavy atom. The van der Waals surface area contributed by atoms with E-state index in [-0.39, 0.29) is 43.4 Å². The monoisotopic (exact) mass is 361 g/mol. The van der Waals surface area contributed by atoms with Gasteiger partial charge in [0.2, 0.25) is 5.91 Å². The SMILES string of the molecule is Cl.O=C(NCC1CCN(S(=O)(=O)C(F)F)CC1)C1CCCN1. The molecule has 0 spiro atoms. The van der Waals surface area contributed by atoms with E-state index in [2.05, 4.69) is 10.6 Å². The summed E-state index contributed by atoms with van der Waals surface area (Å²) in [6.45, 7) is 1.51. The molecule has 0 saturated carbocycles. The molecule has 1 amide bonds. The molecular weight excluding hydrogens is 340 g/mol. The Morgan fingerprint density at radius 1 is 1.27 bits per heavy atom. The number of sulfonamides is 1. The first-order valence-corrected chi connectivity index (χ1v) is 8.70. The fraction of sp³-hybridized carbons (Fsp3) is 0.917. The first kappa shape index (κ1) is 19.5. The molecule has 6 nitrogen and oxygen atoms in total. The van der Waals surface area contributed by atoms with Gasteiger partial charge in [-0.1, -0.05) is 0 Å². The van der Waals surface area contributed by atoms with Gasteiger partial charge in [0.05, 0.1) is 6.04 Å². The van der Waals surface area contributed by atoms with Gasteiger partial charge in [-0.2, -0.15) is 13.1 Å². The number of carbonyl (C=O) groups is 1. The number of amides is 1. The van der Waals surface area contributed by atoms with Crippen molar-refractivity contribution in [2.24, 2.45) is 5.92 Å². The molecule has 10 heteroatoms. The van der Waals surface area contributed by atoms with E-state index in [0.717, 1.165) is 23.7 Å². The molecular formula is C12H22ClF2N3O3S. The van der Waals surface area contributed by atoms with Crippen LogP contribution in [-0.2, 0) is 14.8 Å². The molecule has 2 fully saturated rings. The van der Waals surface area contributed by atoms with Crippen LogP contribution in [0.4, 0.5) is 8.78 Å². The minimum absolute atomic E-state index is 0. The molecule has 0 bridgehead atoms. The number of halogens is 3. The van der Waals surface area contributed by atoms with E-state index in [1.807, 2.05) is 0 Å². The number of hydrogen-bond donors (Lipinski definition) is 2. The molecule has 0 aliphatic carbocycles. The van der Waals surface area contributed by atoms with Gasteiger partial charge in [-0.25, -0.2) is 8.42 Å². The summed E-state index contributed by atoms with van der Waals surface area (Å²) in [4.78, 5) is 11.8. The van der Waals surface area contributed by atoms with Crippen molar-refractivity contribution < 1.29 is 22.0 Å². The summed E-state index contributed by atoms with van der Waals surface area (Å²) in [6, 6.07) is -0.135. The van der Waals surface area contributed by atoms with E-state index in [1.165, 1.54) is 0 Å². The largest absolute Gasteiger partial charge is 0.354 e. The van der Waals surface area contributed by atoms with E-state index in [1.54, 1.807) is 0 Å². The van der Waals surface area contributed by atoms with Crippen LogP contribution >= 0.6 is 12.4 Å². The Hall–Kier alpha value is -0.510. The van der Waals surface area contributed by atoms with Gasteiger partial charge >= 0.3 is 5.76 Å². The number of rotatable bonds is 5. The van der Waals surface area contributed by atoms with Gasteiger partial charge in [-0.3, -0.25) is 4.79 Å². The van der Waals surface area contributed by atoms with Gasteiger partial charge in [0.15, 0.2) is 0 Å². The van der Waals surface area contributed by atoms with E-state index in [0.29, 0.717) is 19.4 Å². The maximum Gasteiger partial charge on any atom is 0.350 e. The predicted octanol–water partition coefficient (Wildman–Crippen LogP) is 0.541. The minimum Gasteiger partial charge on any atom is -0.354 e. The van der Waals surface area contributed by atoms with Crippen LogP contribution in [0.2, 0.25) is 0 Å². The van der Waals surface area contributed by atoms with Crippen LogP contribution in [0.25, 0.3) is 0 Å². The smallest absolute Gasteiger partial charge is 0.350 e. The maximum absolute atomic E-state index is 12.4. The number of nitrogens with one attached hydrogen (secondary N) is 2. The van der Waals surface area contributed by atoms with Crippen LogP contribution in [-0.4, -0.2) is 56.6 Å². The van der Waals surface area contributed by atoms with Crippen LogP contribution in [0.15, 0.2) is 0 Å². The average molecular weight is 362 g/mol. The Kier molecular flexibility index (Phi) is 7.43. The summed E-state index contributed by atoms with van der Waals surface area (Å²) in [5, 5.41) is 5.95. The maximum atomic E-state index is 12.4. The fourth-order valence-electron chi connectivity index (χ4n) is 2.76. The first-order valence-electron chi connectivity index (χ1n) is 7.19. The highest BCUT2D eigenvalue weighted by atomic mass is 35.5. The zero-order valence-corrected chi connectivity index (χ0v) is 13.8. The van der Waals surface area contributed by atoms with E-state index in [9.17, 15) is 22.0 Å². The zero-order valence-electron chi connectivity index (χ0n) is 12.1. The van der Waals surface area contributed by atoms with Gasteiger partial charge in [-0.05, 0) is 38.1 Å². The molecule has 130 valence electrons. The highest BCUT2D eigenvalue weighted by molar-refractivity contribution is 7.89. The van der Waals surface area contributed by atoms with Crippen LogP contribution in [0.1, 0.15) is 25.7 Å². The van der Waals surface area contributed by atoms with Crippen molar-refractivity contribution in [3.63, 3.8) is 0 Å². The Bertz CT molecular complexity index is 464. The number of alkyl halides is 2. The molecule has 2 aliphatic heterocycles. The van der Waals surface area contributed by atoms with E-state index in [4.69, 9.17) is 0 Å². The summed E-state index contributed by atoms with van der Waals surface area (Å²) in [6.07, 6.45) is 2.80. The molecule has 2 N–H and O–H groups in total. The molecule has 1 unspecified atom stereocenters. The highest BCUT2D eigenvalue weighted by Gasteiger charge is 2.34. The van der Waals surface area contributed by atoms with Crippen molar-refractivity contribution in [3.8, 4) is 0 Å². The molecule has 0 aromatic heterocycles. The van der Waals surface area contributed by atoms with Crippen molar-refractivity contribution in [1.82, 2.24) is 14.9 Å². The standard InChI is InChI=1S/C12H21F2N3O3S.ClH/c13-12(14)21(19,20)17-6-3-9(4-7-17)8-16-11(18)10-2-1-5-15-10;/h9-10,12,15H,1-8H2,(H,16,18);1H. The van der Waals surface area contributed by atoms with Gasteiger partial charge in [0.1, 0.15) is 0 Å². The van der Waals surface area contributed by atoms with Gasteiger partial charge in [-0.15, -0.1) is 12.4 Å². The summed E-state index contributed by atoms with van der Waals surface area (Å²) >= 11 is 0. The van der Waals surface area contributed by atoms with Crippen LogP contribution in [0.3, 0.4) is 0 Å². The first-order chi connectivity index (χ1) is 9.91. The van der Waals surface area contributed by atoms with Gasteiger partial charge < -0.3 is 10.6 Å². The molecule has 2 saturated heterocycles. The lowest BCUT2D eigenvalue weighted by atomic mass is 9.98. The summed E-state index contributed by atoms with van der Waals surface area (Å²) in [5.41, 5.74) is 0. The van der Waals surface area contributed by atoms with Crippen LogP contribution < -0.4 is 10.6 Å². The number of piperidine rings is 1. The quantitative estimate of drug-likeness (QED) is 0.749.